The van der Waals surface area contributed by atoms with Crippen molar-refractivity contribution in [2.45, 2.75) is 33.7 Å². The van der Waals surface area contributed by atoms with E-state index in [0.29, 0.717) is 15.7 Å². The number of hydrogen-bond acceptors (Lipinski definition) is 5. The van der Waals surface area contributed by atoms with Gasteiger partial charge in [-0.1, -0.05) is 45.0 Å². The van der Waals surface area contributed by atoms with Crippen molar-refractivity contribution < 1.29 is 9.59 Å². The predicted molar refractivity (Wildman–Crippen MR) is 127 cm³/mol. The molecule has 0 radical (unpaired) electrons. The van der Waals surface area contributed by atoms with Crippen LogP contribution in [0.2, 0.25) is 0 Å². The number of amides is 1. The monoisotopic (exact) mass is 452 g/mol. The molecule has 3 heterocycles. The number of thiophene rings is 1. The van der Waals surface area contributed by atoms with E-state index in [1.807, 2.05) is 68.6 Å². The van der Waals surface area contributed by atoms with Gasteiger partial charge in [0.1, 0.15) is 11.2 Å². The lowest BCUT2D eigenvalue weighted by molar-refractivity contribution is -0.120. The second kappa shape index (κ2) is 8.40. The maximum Gasteiger partial charge on any atom is 0.269 e. The van der Waals surface area contributed by atoms with Crippen LogP contribution >= 0.6 is 22.7 Å². The molecule has 1 amide bonds. The van der Waals surface area contributed by atoms with Gasteiger partial charge in [0, 0.05) is 28.6 Å². The maximum atomic E-state index is 13.2. The Morgan fingerprint density at radius 3 is 2.61 bits per heavy atom. The zero-order valence-corrected chi connectivity index (χ0v) is 19.4. The van der Waals surface area contributed by atoms with Gasteiger partial charge in [-0.3, -0.25) is 19.0 Å². The quantitative estimate of drug-likeness (QED) is 0.612. The van der Waals surface area contributed by atoms with Crippen molar-refractivity contribution in [1.82, 2.24) is 4.57 Å². The van der Waals surface area contributed by atoms with Crippen LogP contribution in [0.1, 0.15) is 31.2 Å². The van der Waals surface area contributed by atoms with Gasteiger partial charge in [0.05, 0.1) is 4.53 Å². The van der Waals surface area contributed by atoms with E-state index in [2.05, 4.69) is 0 Å². The molecule has 1 aromatic carbocycles. The summed E-state index contributed by atoms with van der Waals surface area (Å²) in [5, 5.41) is 1.95. The van der Waals surface area contributed by atoms with Crippen molar-refractivity contribution in [3.05, 3.63) is 71.8 Å². The summed E-state index contributed by atoms with van der Waals surface area (Å²) in [6.07, 6.45) is 4.13. The van der Waals surface area contributed by atoms with E-state index >= 15 is 0 Å². The van der Waals surface area contributed by atoms with Crippen molar-refractivity contribution in [2.75, 3.05) is 11.4 Å². The second-order valence-electron chi connectivity index (χ2n) is 8.54. The number of para-hydroxylation sites is 1. The van der Waals surface area contributed by atoms with Gasteiger partial charge >= 0.3 is 0 Å². The van der Waals surface area contributed by atoms with Gasteiger partial charge in [-0.2, -0.15) is 0 Å². The molecule has 0 fully saturated rings. The number of rotatable bonds is 4. The van der Waals surface area contributed by atoms with Crippen LogP contribution in [0, 0.1) is 5.41 Å². The molecule has 160 valence electrons. The Labute approximate surface area is 188 Å². The number of anilines is 1. The molecule has 2 aromatic heterocycles. The predicted octanol–water partition coefficient (Wildman–Crippen LogP) is 2.79. The van der Waals surface area contributed by atoms with Crippen LogP contribution in [0.25, 0.3) is 12.2 Å². The number of Topliss-reactive ketones (excluding diaryl/α,β-unsaturated/α-hetero) is 1. The third-order valence-corrected chi connectivity index (χ3v) is 7.11. The van der Waals surface area contributed by atoms with Gasteiger partial charge < -0.3 is 4.90 Å². The molecular weight excluding hydrogens is 428 g/mol. The molecule has 0 bridgehead atoms. The highest BCUT2D eigenvalue weighted by Gasteiger charge is 2.25. The molecule has 0 saturated heterocycles. The zero-order chi connectivity index (χ0) is 22.2. The molecule has 5 nitrogen and oxygen atoms in total. The molecule has 0 saturated carbocycles. The number of ketones is 1. The number of nitrogens with zero attached hydrogens (tertiary/aromatic N) is 2. The fourth-order valence-electron chi connectivity index (χ4n) is 3.44. The Morgan fingerprint density at radius 2 is 1.90 bits per heavy atom. The van der Waals surface area contributed by atoms with E-state index in [1.165, 1.54) is 33.3 Å². The molecular formula is C24H24N2O3S2. The van der Waals surface area contributed by atoms with Crippen LogP contribution in [0.3, 0.4) is 0 Å². The van der Waals surface area contributed by atoms with Crippen LogP contribution in [0.5, 0.6) is 0 Å². The Morgan fingerprint density at radius 1 is 1.13 bits per heavy atom. The average Bonchev–Trinajstić information content (AvgIpc) is 3.44. The largest absolute Gasteiger partial charge is 0.310 e. The molecule has 0 spiro atoms. The minimum atomic E-state index is -0.569. The lowest BCUT2D eigenvalue weighted by atomic mass is 9.91. The smallest absolute Gasteiger partial charge is 0.269 e. The zero-order valence-electron chi connectivity index (χ0n) is 17.8. The Bertz CT molecular complexity index is 1310. The van der Waals surface area contributed by atoms with Crippen LogP contribution in [0.15, 0.2) is 46.6 Å². The molecule has 4 rings (SSSR count). The SMILES string of the molecule is CC(C)(C)C(=O)/C=c1\s/c(=C\c2cccs2)c(=O)n1CC(=O)N1CCc2ccccc21. The van der Waals surface area contributed by atoms with E-state index in [1.54, 1.807) is 4.90 Å². The molecule has 0 atom stereocenters. The number of thiazole rings is 1. The number of hydrogen-bond donors (Lipinski definition) is 0. The van der Waals surface area contributed by atoms with Gasteiger partial charge in [-0.25, -0.2) is 0 Å². The number of benzene rings is 1. The summed E-state index contributed by atoms with van der Waals surface area (Å²) in [6.45, 7) is 6.03. The maximum absolute atomic E-state index is 13.2. The van der Waals surface area contributed by atoms with Gasteiger partial charge in [-0.05, 0) is 35.6 Å². The lowest BCUT2D eigenvalue weighted by Gasteiger charge is -2.17. The van der Waals surface area contributed by atoms with Crippen LogP contribution in [0.4, 0.5) is 5.69 Å². The summed E-state index contributed by atoms with van der Waals surface area (Å²) in [4.78, 5) is 41.7. The van der Waals surface area contributed by atoms with Crippen molar-refractivity contribution in [1.29, 1.82) is 0 Å². The lowest BCUT2D eigenvalue weighted by Crippen LogP contribution is -2.40. The topological polar surface area (TPSA) is 59.4 Å². The number of fused-ring (bicyclic) bond motifs is 1. The van der Waals surface area contributed by atoms with E-state index in [9.17, 15) is 14.4 Å². The first-order chi connectivity index (χ1) is 14.7. The molecule has 1 aliphatic rings. The highest BCUT2D eigenvalue weighted by molar-refractivity contribution is 7.11. The molecule has 0 aliphatic carbocycles. The van der Waals surface area contributed by atoms with Gasteiger partial charge in [0.25, 0.3) is 5.56 Å². The summed E-state index contributed by atoms with van der Waals surface area (Å²) < 4.78 is 2.47. The molecule has 7 heteroatoms. The van der Waals surface area contributed by atoms with Crippen LogP contribution in [-0.4, -0.2) is 22.8 Å². The van der Waals surface area contributed by atoms with Gasteiger partial charge in [0.2, 0.25) is 5.91 Å². The summed E-state index contributed by atoms with van der Waals surface area (Å²) in [5.74, 6) is -0.227. The first kappa shape index (κ1) is 21.5. The summed E-state index contributed by atoms with van der Waals surface area (Å²) >= 11 is 2.79. The van der Waals surface area contributed by atoms with E-state index < -0.39 is 5.41 Å². The summed E-state index contributed by atoms with van der Waals surface area (Å²) in [7, 11) is 0. The molecule has 0 unspecified atom stereocenters. The molecule has 31 heavy (non-hydrogen) atoms. The van der Waals surface area contributed by atoms with Crippen molar-refractivity contribution in [2.24, 2.45) is 5.41 Å². The number of carbonyl (C=O) groups excluding carboxylic acids is 2. The Hall–Kier alpha value is -2.77. The van der Waals surface area contributed by atoms with Crippen molar-refractivity contribution >= 4 is 52.2 Å². The summed E-state index contributed by atoms with van der Waals surface area (Å²) in [5.41, 5.74) is 1.22. The Kier molecular flexibility index (Phi) is 5.81. The third-order valence-electron chi connectivity index (χ3n) is 5.23. The minimum Gasteiger partial charge on any atom is -0.310 e. The number of carbonyl (C=O) groups is 2. The first-order valence-corrected chi connectivity index (χ1v) is 11.8. The Balaban J connectivity index is 1.77. The highest BCUT2D eigenvalue weighted by Crippen LogP contribution is 2.27. The van der Waals surface area contributed by atoms with Crippen molar-refractivity contribution in [3.63, 3.8) is 0 Å². The van der Waals surface area contributed by atoms with Crippen molar-refractivity contribution in [3.8, 4) is 0 Å². The minimum absolute atomic E-state index is 0.0795. The molecule has 3 aromatic rings. The standard InChI is InChI=1S/C24H24N2O3S2/c1-24(2,3)20(27)14-22-26(23(29)19(31-22)13-17-8-6-12-30-17)15-21(28)25-11-10-16-7-4-5-9-18(16)25/h4-9,12-14H,10-11,15H2,1-3H3/b19-13-,22-14-. The fourth-order valence-corrected chi connectivity index (χ4v) is 5.21. The van der Waals surface area contributed by atoms with Gasteiger partial charge in [-0.15, -0.1) is 22.7 Å². The van der Waals surface area contributed by atoms with Crippen LogP contribution < -0.4 is 19.7 Å². The van der Waals surface area contributed by atoms with Gasteiger partial charge in [0.15, 0.2) is 5.78 Å². The molecule has 0 N–H and O–H groups in total. The first-order valence-electron chi connectivity index (χ1n) is 10.1. The highest BCUT2D eigenvalue weighted by atomic mass is 32.1. The molecule has 1 aliphatic heterocycles. The van der Waals surface area contributed by atoms with E-state index in [-0.39, 0.29) is 23.8 Å². The average molecular weight is 453 g/mol. The summed E-state index contributed by atoms with van der Waals surface area (Å²) in [6, 6.07) is 11.7. The second-order valence-corrected chi connectivity index (χ2v) is 10.6. The third kappa shape index (κ3) is 4.48. The van der Waals surface area contributed by atoms with E-state index in [4.69, 9.17) is 0 Å². The van der Waals surface area contributed by atoms with Crippen LogP contribution in [-0.2, 0) is 22.6 Å². The fraction of sp³-hybridized carbons (Fsp3) is 0.292. The normalized spacial score (nSPS) is 14.9. The van der Waals surface area contributed by atoms with E-state index in [0.717, 1.165) is 22.5 Å². The number of aromatic nitrogens is 1.